The highest BCUT2D eigenvalue weighted by atomic mass is 16.5. The first-order valence-electron chi connectivity index (χ1n) is 12.3. The third-order valence-corrected chi connectivity index (χ3v) is 6.50. The number of piperazine rings is 1. The fraction of sp³-hybridized carbons (Fsp3) is 0.250. The predicted octanol–water partition coefficient (Wildman–Crippen LogP) is 4.03. The van der Waals surface area contributed by atoms with Gasteiger partial charge in [-0.1, -0.05) is 18.7 Å². The first kappa shape index (κ1) is 24.5. The highest BCUT2D eigenvalue weighted by Crippen LogP contribution is 2.27. The van der Waals surface area contributed by atoms with Crippen LogP contribution in [0.4, 0.5) is 22.9 Å². The molecule has 2 aromatic carbocycles. The molecule has 0 spiro atoms. The number of hydrogen-bond acceptors (Lipinski definition) is 7. The molecule has 9 nitrogen and oxygen atoms in total. The third kappa shape index (κ3) is 5.79. The van der Waals surface area contributed by atoms with Gasteiger partial charge in [0.1, 0.15) is 12.1 Å². The average molecular weight is 498 g/mol. The van der Waals surface area contributed by atoms with Crippen LogP contribution in [0.25, 0.3) is 16.8 Å². The summed E-state index contributed by atoms with van der Waals surface area (Å²) >= 11 is 0. The van der Waals surface area contributed by atoms with Crippen molar-refractivity contribution in [1.29, 1.82) is 0 Å². The van der Waals surface area contributed by atoms with E-state index < -0.39 is 0 Å². The molecule has 0 unspecified atom stereocenters. The third-order valence-electron chi connectivity index (χ3n) is 6.50. The number of fused-ring (bicyclic) bond motifs is 1. The Labute approximate surface area is 216 Å². The molecule has 2 aromatic heterocycles. The fourth-order valence-electron chi connectivity index (χ4n) is 4.48. The standard InChI is InChI=1S/C28H31N7O2/c1-3-27(36)32-23-6-4-5-21(17-23)28-25-18-29-26(19-35(25)20-30-28)31-22-7-9-24(10-8-22)34-13-11-33(12-14-34)15-16-37-2/h3-10,17-20,31H,1,11-16H2,2H3,(H,32,36). The normalized spacial score (nSPS) is 14.0. The van der Waals surface area contributed by atoms with Gasteiger partial charge in [-0.25, -0.2) is 9.97 Å². The van der Waals surface area contributed by atoms with Gasteiger partial charge in [-0.2, -0.15) is 0 Å². The van der Waals surface area contributed by atoms with Crippen molar-refractivity contribution in [2.45, 2.75) is 0 Å². The largest absolute Gasteiger partial charge is 0.383 e. The van der Waals surface area contributed by atoms with Gasteiger partial charge in [0.25, 0.3) is 0 Å². The second-order valence-corrected chi connectivity index (χ2v) is 8.93. The minimum Gasteiger partial charge on any atom is -0.383 e. The summed E-state index contributed by atoms with van der Waals surface area (Å²) in [6.07, 6.45) is 6.73. The lowest BCUT2D eigenvalue weighted by Crippen LogP contribution is -2.47. The van der Waals surface area contributed by atoms with Gasteiger partial charge >= 0.3 is 0 Å². The Bertz CT molecular complexity index is 1380. The van der Waals surface area contributed by atoms with Crippen LogP contribution in [0.15, 0.2) is 79.9 Å². The zero-order valence-corrected chi connectivity index (χ0v) is 20.9. The molecule has 3 heterocycles. The number of imidazole rings is 1. The van der Waals surface area contributed by atoms with E-state index in [0.29, 0.717) is 5.69 Å². The first-order chi connectivity index (χ1) is 18.1. The van der Waals surface area contributed by atoms with Crippen molar-refractivity contribution in [2.75, 3.05) is 62.0 Å². The van der Waals surface area contributed by atoms with Gasteiger partial charge in [0, 0.05) is 62.5 Å². The molecule has 0 saturated carbocycles. The van der Waals surface area contributed by atoms with Crippen molar-refractivity contribution in [1.82, 2.24) is 19.3 Å². The lowest BCUT2D eigenvalue weighted by Gasteiger charge is -2.36. The van der Waals surface area contributed by atoms with Crippen LogP contribution >= 0.6 is 0 Å². The maximum atomic E-state index is 11.6. The lowest BCUT2D eigenvalue weighted by molar-refractivity contribution is -0.111. The van der Waals surface area contributed by atoms with E-state index in [4.69, 9.17) is 4.74 Å². The maximum Gasteiger partial charge on any atom is 0.247 e. The molecule has 1 amide bonds. The second kappa shape index (κ2) is 11.2. The number of methoxy groups -OCH3 is 1. The average Bonchev–Trinajstić information content (AvgIpc) is 3.36. The predicted molar refractivity (Wildman–Crippen MR) is 148 cm³/mol. The number of amides is 1. The van der Waals surface area contributed by atoms with Crippen LogP contribution in [0.2, 0.25) is 0 Å². The number of nitrogens with one attached hydrogen (secondary N) is 2. The van der Waals surface area contributed by atoms with E-state index in [9.17, 15) is 4.79 Å². The Kier molecular flexibility index (Phi) is 7.43. The number of aromatic nitrogens is 3. The molecule has 0 radical (unpaired) electrons. The SMILES string of the molecule is C=CC(=O)Nc1cccc(-c2ncn3cc(Nc4ccc(N5CCN(CCOC)CC5)cc4)ncc23)c1. The van der Waals surface area contributed by atoms with Gasteiger partial charge in [-0.15, -0.1) is 0 Å². The number of rotatable bonds is 9. The fourth-order valence-corrected chi connectivity index (χ4v) is 4.48. The van der Waals surface area contributed by atoms with E-state index >= 15 is 0 Å². The number of hydrogen-bond donors (Lipinski definition) is 2. The van der Waals surface area contributed by atoms with Crippen LogP contribution in [0.3, 0.4) is 0 Å². The van der Waals surface area contributed by atoms with E-state index in [2.05, 4.69) is 61.2 Å². The van der Waals surface area contributed by atoms with Gasteiger partial charge in [0.05, 0.1) is 30.2 Å². The number of carbonyl (C=O) groups excluding carboxylic acids is 1. The molecule has 1 aliphatic rings. The molecule has 37 heavy (non-hydrogen) atoms. The zero-order valence-electron chi connectivity index (χ0n) is 20.9. The minimum absolute atomic E-state index is 0.252. The van der Waals surface area contributed by atoms with Crippen LogP contribution in [0.5, 0.6) is 0 Å². The van der Waals surface area contributed by atoms with Crippen molar-refractivity contribution in [3.05, 3.63) is 79.9 Å². The summed E-state index contributed by atoms with van der Waals surface area (Å²) in [6, 6.07) is 16.0. The van der Waals surface area contributed by atoms with Gasteiger partial charge in [0.2, 0.25) is 5.91 Å². The summed E-state index contributed by atoms with van der Waals surface area (Å²) in [7, 11) is 1.75. The number of carbonyl (C=O) groups is 1. The number of anilines is 4. The van der Waals surface area contributed by atoms with Crippen molar-refractivity contribution < 1.29 is 9.53 Å². The second-order valence-electron chi connectivity index (χ2n) is 8.93. The van der Waals surface area contributed by atoms with Crippen molar-refractivity contribution >= 4 is 34.3 Å². The summed E-state index contributed by atoms with van der Waals surface area (Å²) in [4.78, 5) is 25.7. The molecule has 9 heteroatoms. The molecule has 0 atom stereocenters. The zero-order chi connectivity index (χ0) is 25.6. The van der Waals surface area contributed by atoms with Crippen LogP contribution in [0.1, 0.15) is 0 Å². The maximum absolute atomic E-state index is 11.6. The Morgan fingerprint density at radius 1 is 1.08 bits per heavy atom. The number of benzene rings is 2. The Morgan fingerprint density at radius 3 is 2.65 bits per heavy atom. The Balaban J connectivity index is 1.25. The summed E-state index contributed by atoms with van der Waals surface area (Å²) in [5.41, 5.74) is 5.44. The van der Waals surface area contributed by atoms with Gasteiger partial charge in [-0.05, 0) is 42.5 Å². The summed E-state index contributed by atoms with van der Waals surface area (Å²) in [5, 5.41) is 6.17. The quantitative estimate of drug-likeness (QED) is 0.338. The van der Waals surface area contributed by atoms with Crippen LogP contribution < -0.4 is 15.5 Å². The molecule has 1 saturated heterocycles. The van der Waals surface area contributed by atoms with Gasteiger partial charge in [-0.3, -0.25) is 9.69 Å². The van der Waals surface area contributed by atoms with Crippen molar-refractivity contribution in [3.8, 4) is 11.3 Å². The molecular formula is C28H31N7O2. The molecule has 0 bridgehead atoms. The number of ether oxygens (including phenoxy) is 1. The van der Waals surface area contributed by atoms with Gasteiger partial charge in [0.15, 0.2) is 0 Å². The molecule has 1 aliphatic heterocycles. The molecule has 4 aromatic rings. The van der Waals surface area contributed by atoms with Crippen LogP contribution in [-0.4, -0.2) is 71.6 Å². The molecule has 0 aliphatic carbocycles. The summed E-state index contributed by atoms with van der Waals surface area (Å²) < 4.78 is 7.14. The molecule has 190 valence electrons. The molecule has 2 N–H and O–H groups in total. The lowest BCUT2D eigenvalue weighted by atomic mass is 10.1. The molecule has 1 fully saturated rings. The summed E-state index contributed by atoms with van der Waals surface area (Å²) in [6.45, 7) is 9.40. The molecule has 5 rings (SSSR count). The summed E-state index contributed by atoms with van der Waals surface area (Å²) in [5.74, 6) is 0.473. The smallest absolute Gasteiger partial charge is 0.247 e. The van der Waals surface area contributed by atoms with E-state index in [1.54, 1.807) is 19.6 Å². The number of nitrogens with zero attached hydrogens (tertiary/aromatic N) is 5. The van der Waals surface area contributed by atoms with Gasteiger partial charge < -0.3 is 24.7 Å². The van der Waals surface area contributed by atoms with E-state index in [-0.39, 0.29) is 5.91 Å². The Morgan fingerprint density at radius 2 is 1.89 bits per heavy atom. The van der Waals surface area contributed by atoms with E-state index in [0.717, 1.165) is 67.6 Å². The first-order valence-corrected chi connectivity index (χ1v) is 12.3. The Hall–Kier alpha value is -4.21. The van der Waals surface area contributed by atoms with E-state index in [1.165, 1.54) is 11.8 Å². The van der Waals surface area contributed by atoms with Crippen LogP contribution in [-0.2, 0) is 9.53 Å². The van der Waals surface area contributed by atoms with Crippen LogP contribution in [0, 0.1) is 0 Å². The van der Waals surface area contributed by atoms with Crippen molar-refractivity contribution in [3.63, 3.8) is 0 Å². The monoisotopic (exact) mass is 497 g/mol. The topological polar surface area (TPSA) is 87.0 Å². The van der Waals surface area contributed by atoms with Crippen molar-refractivity contribution in [2.24, 2.45) is 0 Å². The highest BCUT2D eigenvalue weighted by Gasteiger charge is 2.17. The minimum atomic E-state index is -0.252. The molecular weight excluding hydrogens is 466 g/mol. The van der Waals surface area contributed by atoms with E-state index in [1.807, 2.05) is 34.9 Å². The highest BCUT2D eigenvalue weighted by molar-refractivity contribution is 5.99.